The Hall–Kier alpha value is -1.75. The van der Waals surface area contributed by atoms with Crippen molar-refractivity contribution in [1.82, 2.24) is 5.32 Å². The van der Waals surface area contributed by atoms with Gasteiger partial charge in [-0.15, -0.1) is 0 Å². The largest absolute Gasteiger partial charge is 0.497 e. The van der Waals surface area contributed by atoms with Crippen LogP contribution in [0.5, 0.6) is 11.5 Å². The fourth-order valence-electron chi connectivity index (χ4n) is 2.80. The fraction of sp³-hybridized carbons (Fsp3) is 0.562. The summed E-state index contributed by atoms with van der Waals surface area (Å²) in [5.74, 6) is 0.936. The first-order valence-corrected chi connectivity index (χ1v) is 7.29. The highest BCUT2D eigenvalue weighted by atomic mass is 16.5. The molecule has 2 N–H and O–H groups in total. The monoisotopic (exact) mass is 293 g/mol. The second-order valence-electron chi connectivity index (χ2n) is 5.55. The van der Waals surface area contributed by atoms with Crippen LogP contribution in [0.3, 0.4) is 0 Å². The van der Waals surface area contributed by atoms with E-state index in [0.29, 0.717) is 17.1 Å². The molecule has 1 aliphatic carbocycles. The van der Waals surface area contributed by atoms with E-state index in [1.165, 1.54) is 0 Å². The van der Waals surface area contributed by atoms with Gasteiger partial charge in [-0.1, -0.05) is 19.3 Å². The van der Waals surface area contributed by atoms with Gasteiger partial charge >= 0.3 is 0 Å². The molecule has 5 heteroatoms. The van der Waals surface area contributed by atoms with E-state index in [-0.39, 0.29) is 12.5 Å². The van der Waals surface area contributed by atoms with Gasteiger partial charge < -0.3 is 19.9 Å². The van der Waals surface area contributed by atoms with E-state index < -0.39 is 5.54 Å². The molecule has 1 amide bonds. The first kappa shape index (κ1) is 15.6. The van der Waals surface area contributed by atoms with Crippen LogP contribution in [0.2, 0.25) is 0 Å². The van der Waals surface area contributed by atoms with Crippen molar-refractivity contribution < 1.29 is 19.4 Å². The molecule has 1 saturated carbocycles. The van der Waals surface area contributed by atoms with E-state index in [9.17, 15) is 9.90 Å². The van der Waals surface area contributed by atoms with Gasteiger partial charge in [0.25, 0.3) is 5.91 Å². The molecule has 2 rings (SSSR count). The van der Waals surface area contributed by atoms with Gasteiger partial charge in [0.15, 0.2) is 0 Å². The van der Waals surface area contributed by atoms with Crippen LogP contribution < -0.4 is 14.8 Å². The van der Waals surface area contributed by atoms with Gasteiger partial charge in [0, 0.05) is 11.6 Å². The highest BCUT2D eigenvalue weighted by molar-refractivity contribution is 5.95. The minimum absolute atomic E-state index is 0.0279. The van der Waals surface area contributed by atoms with E-state index in [2.05, 4.69) is 5.32 Å². The van der Waals surface area contributed by atoms with Gasteiger partial charge in [0.2, 0.25) is 0 Å². The molecule has 0 bridgehead atoms. The number of ether oxygens (including phenoxy) is 2. The van der Waals surface area contributed by atoms with Crippen molar-refractivity contribution in [3.8, 4) is 11.5 Å². The maximum absolute atomic E-state index is 12.5. The summed E-state index contributed by atoms with van der Waals surface area (Å²) in [6, 6.07) is 5.07. The van der Waals surface area contributed by atoms with E-state index in [1.54, 1.807) is 32.4 Å². The topological polar surface area (TPSA) is 67.8 Å². The average molecular weight is 293 g/mol. The number of nitrogens with one attached hydrogen (secondary N) is 1. The summed E-state index contributed by atoms with van der Waals surface area (Å²) < 4.78 is 10.4. The summed E-state index contributed by atoms with van der Waals surface area (Å²) in [6.07, 6.45) is 4.85. The molecule has 5 nitrogen and oxygen atoms in total. The van der Waals surface area contributed by atoms with Gasteiger partial charge in [-0.3, -0.25) is 4.79 Å². The maximum Gasteiger partial charge on any atom is 0.252 e. The summed E-state index contributed by atoms with van der Waals surface area (Å²) in [5, 5.41) is 12.7. The Balaban J connectivity index is 2.19. The van der Waals surface area contributed by atoms with Crippen LogP contribution in [-0.2, 0) is 0 Å². The quantitative estimate of drug-likeness (QED) is 0.872. The van der Waals surface area contributed by atoms with Gasteiger partial charge in [-0.2, -0.15) is 0 Å². The molecule has 0 unspecified atom stereocenters. The lowest BCUT2D eigenvalue weighted by molar-refractivity contribution is 0.0758. The maximum atomic E-state index is 12.5. The van der Waals surface area contributed by atoms with Crippen molar-refractivity contribution in [2.24, 2.45) is 0 Å². The van der Waals surface area contributed by atoms with Crippen molar-refractivity contribution in [3.05, 3.63) is 23.8 Å². The fourth-order valence-corrected chi connectivity index (χ4v) is 2.80. The second-order valence-corrected chi connectivity index (χ2v) is 5.55. The number of carbonyl (C=O) groups is 1. The van der Waals surface area contributed by atoms with Crippen LogP contribution in [0.1, 0.15) is 42.5 Å². The van der Waals surface area contributed by atoms with Crippen LogP contribution >= 0.6 is 0 Å². The Morgan fingerprint density at radius 1 is 1.14 bits per heavy atom. The first-order valence-electron chi connectivity index (χ1n) is 7.29. The molecule has 21 heavy (non-hydrogen) atoms. The Morgan fingerprint density at radius 3 is 2.19 bits per heavy atom. The molecular weight excluding hydrogens is 270 g/mol. The highest BCUT2D eigenvalue weighted by Gasteiger charge is 2.33. The van der Waals surface area contributed by atoms with Crippen molar-refractivity contribution in [1.29, 1.82) is 0 Å². The Labute approximate surface area is 125 Å². The molecule has 0 radical (unpaired) electrons. The van der Waals surface area contributed by atoms with Gasteiger partial charge in [0.05, 0.1) is 26.4 Å². The summed E-state index contributed by atoms with van der Waals surface area (Å²) >= 11 is 0. The summed E-state index contributed by atoms with van der Waals surface area (Å²) in [7, 11) is 3.10. The SMILES string of the molecule is COc1cc(OC)cc(C(=O)NC2(CO)CCCCC2)c1. The summed E-state index contributed by atoms with van der Waals surface area (Å²) in [6.45, 7) is -0.0279. The number of hydrogen-bond donors (Lipinski definition) is 2. The van der Waals surface area contributed by atoms with Crippen LogP contribution in [0.25, 0.3) is 0 Å². The lowest BCUT2D eigenvalue weighted by Crippen LogP contribution is -2.52. The van der Waals surface area contributed by atoms with Crippen LogP contribution in [-0.4, -0.2) is 37.4 Å². The number of carbonyl (C=O) groups excluding carboxylic acids is 1. The molecule has 1 aromatic carbocycles. The van der Waals surface area contributed by atoms with Crippen molar-refractivity contribution in [2.45, 2.75) is 37.6 Å². The number of hydrogen-bond acceptors (Lipinski definition) is 4. The lowest BCUT2D eigenvalue weighted by Gasteiger charge is -2.36. The summed E-state index contributed by atoms with van der Waals surface area (Å²) in [5.41, 5.74) is -0.0179. The van der Waals surface area contributed by atoms with Crippen molar-refractivity contribution in [2.75, 3.05) is 20.8 Å². The second kappa shape index (κ2) is 6.80. The zero-order chi connectivity index (χ0) is 15.3. The normalized spacial score (nSPS) is 17.1. The van der Waals surface area contributed by atoms with E-state index in [1.807, 2.05) is 0 Å². The predicted molar refractivity (Wildman–Crippen MR) is 79.9 cm³/mol. The molecule has 1 fully saturated rings. The molecular formula is C16H23NO4. The zero-order valence-corrected chi connectivity index (χ0v) is 12.6. The molecule has 0 saturated heterocycles. The highest BCUT2D eigenvalue weighted by Crippen LogP contribution is 2.29. The molecule has 1 aliphatic rings. The van der Waals surface area contributed by atoms with Gasteiger partial charge in [-0.05, 0) is 25.0 Å². The minimum atomic E-state index is -0.494. The van der Waals surface area contributed by atoms with Crippen LogP contribution in [0, 0.1) is 0 Å². The predicted octanol–water partition coefficient (Wildman–Crippen LogP) is 2.13. The first-order chi connectivity index (χ1) is 10.1. The molecule has 0 heterocycles. The Bertz CT molecular complexity index is 473. The third-order valence-electron chi connectivity index (χ3n) is 4.11. The van der Waals surface area contributed by atoms with E-state index in [0.717, 1.165) is 32.1 Å². The smallest absolute Gasteiger partial charge is 0.252 e. The van der Waals surface area contributed by atoms with Crippen molar-refractivity contribution >= 4 is 5.91 Å². The van der Waals surface area contributed by atoms with Crippen LogP contribution in [0.15, 0.2) is 18.2 Å². The summed E-state index contributed by atoms with van der Waals surface area (Å²) in [4.78, 5) is 12.5. The Kier molecular flexibility index (Phi) is 5.07. The molecule has 0 aliphatic heterocycles. The number of aliphatic hydroxyl groups is 1. The molecule has 0 atom stereocenters. The van der Waals surface area contributed by atoms with E-state index in [4.69, 9.17) is 9.47 Å². The number of amides is 1. The lowest BCUT2D eigenvalue weighted by atomic mass is 9.82. The standard InChI is InChI=1S/C16H23NO4/c1-20-13-8-12(9-14(10-13)21-2)15(19)17-16(11-18)6-4-3-5-7-16/h8-10,18H,3-7,11H2,1-2H3,(H,17,19). The number of rotatable bonds is 5. The van der Waals surface area contributed by atoms with Crippen molar-refractivity contribution in [3.63, 3.8) is 0 Å². The Morgan fingerprint density at radius 2 is 1.71 bits per heavy atom. The van der Waals surface area contributed by atoms with E-state index >= 15 is 0 Å². The third kappa shape index (κ3) is 3.67. The number of aliphatic hydroxyl groups excluding tert-OH is 1. The molecule has 0 spiro atoms. The zero-order valence-electron chi connectivity index (χ0n) is 12.6. The molecule has 116 valence electrons. The van der Waals surface area contributed by atoms with Gasteiger partial charge in [0.1, 0.15) is 11.5 Å². The van der Waals surface area contributed by atoms with Gasteiger partial charge in [-0.25, -0.2) is 0 Å². The minimum Gasteiger partial charge on any atom is -0.497 e. The van der Waals surface area contributed by atoms with Crippen LogP contribution in [0.4, 0.5) is 0 Å². The number of methoxy groups -OCH3 is 2. The molecule has 1 aromatic rings. The number of benzene rings is 1. The molecule has 0 aromatic heterocycles. The third-order valence-corrected chi connectivity index (χ3v) is 4.11. The average Bonchev–Trinajstić information content (AvgIpc) is 2.55.